The van der Waals surface area contributed by atoms with Gasteiger partial charge in [0.25, 0.3) is 5.91 Å². The van der Waals surface area contributed by atoms with Gasteiger partial charge in [0, 0.05) is 29.9 Å². The van der Waals surface area contributed by atoms with Gasteiger partial charge >= 0.3 is 0 Å². The number of carbonyl (C=O) groups is 1. The molecule has 0 aromatic heterocycles. The maximum Gasteiger partial charge on any atom is 0.279 e. The average molecular weight is 505 g/mol. The molecule has 8 nitrogen and oxygen atoms in total. The van der Waals surface area contributed by atoms with Crippen molar-refractivity contribution < 1.29 is 22.3 Å². The first-order valence-corrected chi connectivity index (χ1v) is 12.7. The Labute approximate surface area is 207 Å². The second-order valence-corrected chi connectivity index (χ2v) is 10.2. The van der Waals surface area contributed by atoms with E-state index >= 15 is 0 Å². The zero-order chi connectivity index (χ0) is 25.3. The van der Waals surface area contributed by atoms with Crippen molar-refractivity contribution in [2.45, 2.75) is 11.4 Å². The number of morpholine rings is 1. The lowest BCUT2D eigenvalue weighted by atomic mass is 10.1. The van der Waals surface area contributed by atoms with E-state index in [4.69, 9.17) is 10.00 Å². The first kappa shape index (κ1) is 23.8. The highest BCUT2D eigenvalue weighted by atomic mass is 32.2. The molecule has 3 aromatic rings. The van der Waals surface area contributed by atoms with E-state index in [9.17, 15) is 17.6 Å². The van der Waals surface area contributed by atoms with Gasteiger partial charge in [0.15, 0.2) is 0 Å². The molecule has 2 heterocycles. The fraction of sp³-hybridized carbons (Fsp3) is 0.192. The summed E-state index contributed by atoms with van der Waals surface area (Å²) >= 11 is 0. The Bertz CT molecular complexity index is 1510. The monoisotopic (exact) mass is 504 g/mol. The SMILES string of the molecule is N#Cc1ccc(N2Cc3ccccc3C2=NC(=O)c2ccc(S(=O)(=O)N3CCOCC3)c(F)c2)cc1. The molecule has 0 aliphatic carbocycles. The van der Waals surface area contributed by atoms with Gasteiger partial charge in [-0.2, -0.15) is 14.6 Å². The molecule has 182 valence electrons. The summed E-state index contributed by atoms with van der Waals surface area (Å²) in [5.41, 5.74) is 2.92. The molecule has 1 amide bonds. The standard InChI is InChI=1S/C26H21FN4O4S/c27-23-15-19(7-10-24(23)36(33,34)30-11-13-35-14-12-30)26(32)29-25-22-4-2-1-3-20(22)17-31(25)21-8-5-18(16-28)6-9-21/h1-10,15H,11-14,17H2. The number of halogens is 1. The van der Waals surface area contributed by atoms with Crippen LogP contribution in [-0.4, -0.2) is 50.8 Å². The lowest BCUT2D eigenvalue weighted by molar-refractivity contribution is 0.0729. The molecule has 1 saturated heterocycles. The minimum Gasteiger partial charge on any atom is -0.379 e. The van der Waals surface area contributed by atoms with E-state index < -0.39 is 26.6 Å². The molecule has 0 bridgehead atoms. The lowest BCUT2D eigenvalue weighted by Gasteiger charge is -2.26. The van der Waals surface area contributed by atoms with E-state index in [1.54, 1.807) is 24.3 Å². The van der Waals surface area contributed by atoms with Crippen LogP contribution in [0.1, 0.15) is 27.0 Å². The van der Waals surface area contributed by atoms with Gasteiger partial charge in [-0.3, -0.25) is 4.79 Å². The molecule has 2 aliphatic rings. The molecule has 3 aromatic carbocycles. The predicted molar refractivity (Wildman–Crippen MR) is 131 cm³/mol. The predicted octanol–water partition coefficient (Wildman–Crippen LogP) is 3.33. The number of carbonyl (C=O) groups excluding carboxylic acids is 1. The first-order chi connectivity index (χ1) is 17.4. The summed E-state index contributed by atoms with van der Waals surface area (Å²) in [6.07, 6.45) is 0. The number of hydrogen-bond acceptors (Lipinski definition) is 5. The third kappa shape index (κ3) is 4.40. The molecule has 10 heteroatoms. The largest absolute Gasteiger partial charge is 0.379 e. The Morgan fingerprint density at radius 3 is 2.44 bits per heavy atom. The molecular formula is C26H21FN4O4S. The number of fused-ring (bicyclic) bond motifs is 1. The first-order valence-electron chi connectivity index (χ1n) is 11.2. The maximum atomic E-state index is 15.0. The van der Waals surface area contributed by atoms with Crippen molar-refractivity contribution in [1.29, 1.82) is 5.26 Å². The van der Waals surface area contributed by atoms with Gasteiger partial charge < -0.3 is 9.64 Å². The summed E-state index contributed by atoms with van der Waals surface area (Å²) in [6.45, 7) is 1.24. The van der Waals surface area contributed by atoms with E-state index in [1.165, 1.54) is 10.4 Å². The number of nitrogens with zero attached hydrogens (tertiary/aromatic N) is 4. The van der Waals surface area contributed by atoms with Crippen molar-refractivity contribution in [3.05, 3.63) is 94.8 Å². The number of hydrogen-bond donors (Lipinski definition) is 0. The van der Waals surface area contributed by atoms with Crippen molar-refractivity contribution >= 4 is 27.5 Å². The van der Waals surface area contributed by atoms with Crippen molar-refractivity contribution in [2.75, 3.05) is 31.2 Å². The third-order valence-electron chi connectivity index (χ3n) is 6.12. The van der Waals surface area contributed by atoms with Crippen LogP contribution in [0.25, 0.3) is 0 Å². The van der Waals surface area contributed by atoms with Crippen molar-refractivity contribution in [2.24, 2.45) is 4.99 Å². The van der Waals surface area contributed by atoms with Gasteiger partial charge in [-0.05, 0) is 48.0 Å². The van der Waals surface area contributed by atoms with Crippen molar-refractivity contribution in [3.8, 4) is 6.07 Å². The second-order valence-electron chi connectivity index (χ2n) is 8.30. The van der Waals surface area contributed by atoms with Crippen molar-refractivity contribution in [1.82, 2.24) is 4.31 Å². The Hall–Kier alpha value is -3.91. The highest BCUT2D eigenvalue weighted by molar-refractivity contribution is 7.89. The zero-order valence-corrected chi connectivity index (χ0v) is 19.9. The molecule has 0 saturated carbocycles. The molecule has 1 fully saturated rings. The van der Waals surface area contributed by atoms with E-state index in [0.29, 0.717) is 17.9 Å². The Morgan fingerprint density at radius 2 is 1.75 bits per heavy atom. The van der Waals surface area contributed by atoms with Crippen LogP contribution in [0.3, 0.4) is 0 Å². The van der Waals surface area contributed by atoms with Gasteiger partial charge in [0.2, 0.25) is 10.0 Å². The lowest BCUT2D eigenvalue weighted by Crippen LogP contribution is -2.40. The van der Waals surface area contributed by atoms with Gasteiger partial charge in [-0.15, -0.1) is 0 Å². The Kier molecular flexibility index (Phi) is 6.36. The fourth-order valence-corrected chi connectivity index (χ4v) is 5.70. The van der Waals surface area contributed by atoms with Crippen LogP contribution in [0, 0.1) is 17.1 Å². The number of anilines is 1. The van der Waals surface area contributed by atoms with Gasteiger partial charge in [-0.1, -0.05) is 24.3 Å². The number of amidine groups is 1. The van der Waals surface area contributed by atoms with Crippen LogP contribution < -0.4 is 4.90 Å². The number of sulfonamides is 1. The average Bonchev–Trinajstić information content (AvgIpc) is 3.27. The summed E-state index contributed by atoms with van der Waals surface area (Å²) in [7, 11) is -4.05. The Balaban J connectivity index is 1.48. The molecular weight excluding hydrogens is 483 g/mol. The summed E-state index contributed by atoms with van der Waals surface area (Å²) < 4.78 is 47.0. The quantitative estimate of drug-likeness (QED) is 0.540. The number of benzene rings is 3. The van der Waals surface area contributed by atoms with E-state index in [0.717, 1.165) is 28.9 Å². The van der Waals surface area contributed by atoms with Crippen LogP contribution in [0.5, 0.6) is 0 Å². The number of rotatable bonds is 4. The fourth-order valence-electron chi connectivity index (χ4n) is 4.25. The van der Waals surface area contributed by atoms with Gasteiger partial charge in [0.05, 0.1) is 31.4 Å². The molecule has 36 heavy (non-hydrogen) atoms. The minimum atomic E-state index is -4.05. The van der Waals surface area contributed by atoms with E-state index in [2.05, 4.69) is 11.1 Å². The Morgan fingerprint density at radius 1 is 1.03 bits per heavy atom. The summed E-state index contributed by atoms with van der Waals surface area (Å²) in [5, 5.41) is 9.09. The summed E-state index contributed by atoms with van der Waals surface area (Å²) in [5.74, 6) is -1.32. The van der Waals surface area contributed by atoms with Crippen LogP contribution in [0.15, 0.2) is 76.6 Å². The van der Waals surface area contributed by atoms with Crippen LogP contribution in [0.4, 0.5) is 10.1 Å². The third-order valence-corrected chi connectivity index (χ3v) is 8.06. The van der Waals surface area contributed by atoms with Crippen LogP contribution >= 0.6 is 0 Å². The molecule has 0 unspecified atom stereocenters. The molecule has 0 radical (unpaired) electrons. The number of aliphatic imine (C=N–C) groups is 1. The maximum absolute atomic E-state index is 15.0. The normalized spacial score (nSPS) is 17.1. The minimum absolute atomic E-state index is 0.0647. The highest BCUT2D eigenvalue weighted by Crippen LogP contribution is 2.30. The second kappa shape index (κ2) is 9.62. The van der Waals surface area contributed by atoms with Crippen molar-refractivity contribution in [3.63, 3.8) is 0 Å². The van der Waals surface area contributed by atoms with Crippen LogP contribution in [-0.2, 0) is 21.3 Å². The van der Waals surface area contributed by atoms with Gasteiger partial charge in [0.1, 0.15) is 16.5 Å². The molecule has 0 spiro atoms. The van der Waals surface area contributed by atoms with E-state index in [-0.39, 0.29) is 31.9 Å². The topological polar surface area (TPSA) is 103 Å². The molecule has 0 N–H and O–H groups in total. The van der Waals surface area contributed by atoms with Crippen LogP contribution in [0.2, 0.25) is 0 Å². The molecule has 2 aliphatic heterocycles. The van der Waals surface area contributed by atoms with E-state index in [1.807, 2.05) is 29.2 Å². The number of amides is 1. The number of ether oxygens (including phenoxy) is 1. The summed E-state index contributed by atoms with van der Waals surface area (Å²) in [4.78, 5) is 18.8. The summed E-state index contributed by atoms with van der Waals surface area (Å²) in [6, 6.07) is 19.8. The molecule has 0 atom stereocenters. The number of nitriles is 1. The zero-order valence-electron chi connectivity index (χ0n) is 19.1. The smallest absolute Gasteiger partial charge is 0.279 e. The van der Waals surface area contributed by atoms with Gasteiger partial charge in [-0.25, -0.2) is 12.8 Å². The highest BCUT2D eigenvalue weighted by Gasteiger charge is 2.30. The molecule has 5 rings (SSSR count).